The van der Waals surface area contributed by atoms with Crippen LogP contribution in [-0.2, 0) is 0 Å². The molecule has 0 saturated carbocycles. The molecule has 0 spiro atoms. The van der Waals surface area contributed by atoms with Gasteiger partial charge < -0.3 is 14.1 Å². The summed E-state index contributed by atoms with van der Waals surface area (Å²) in [5.41, 5.74) is 1.15. The molecule has 0 bridgehead atoms. The number of aromatic amines is 1. The normalized spacial score (nSPS) is 10.8. The molecule has 3 aromatic rings. The summed E-state index contributed by atoms with van der Waals surface area (Å²) in [6, 6.07) is 7.97. The number of benzene rings is 1. The first-order chi connectivity index (χ1) is 10.5. The second kappa shape index (κ2) is 5.69. The van der Waals surface area contributed by atoms with E-state index in [1.165, 1.54) is 12.1 Å². The van der Waals surface area contributed by atoms with Gasteiger partial charge >= 0.3 is 5.63 Å². The predicted octanol–water partition coefficient (Wildman–Crippen LogP) is 3.34. The van der Waals surface area contributed by atoms with E-state index in [-0.39, 0.29) is 12.4 Å². The van der Waals surface area contributed by atoms with Crippen LogP contribution in [0.4, 0.5) is 0 Å². The third-order valence-electron chi connectivity index (χ3n) is 3.26. The third kappa shape index (κ3) is 2.76. The number of nitrogens with one attached hydrogen (secondary N) is 1. The fourth-order valence-electron chi connectivity index (χ4n) is 2.16. The number of fused-ring (bicyclic) bond motifs is 1. The van der Waals surface area contributed by atoms with Gasteiger partial charge in [-0.25, -0.2) is 4.79 Å². The van der Waals surface area contributed by atoms with Crippen LogP contribution in [0.1, 0.15) is 16.1 Å². The Kier molecular flexibility index (Phi) is 3.73. The minimum Gasteiger partial charge on any atom is -0.484 e. The van der Waals surface area contributed by atoms with E-state index in [1.54, 1.807) is 31.3 Å². The highest BCUT2D eigenvalue weighted by molar-refractivity contribution is 6.32. The van der Waals surface area contributed by atoms with Crippen LogP contribution >= 0.6 is 11.6 Å². The second-order valence-electron chi connectivity index (χ2n) is 4.82. The molecule has 0 saturated heterocycles. The quantitative estimate of drug-likeness (QED) is 0.591. The summed E-state index contributed by atoms with van der Waals surface area (Å²) in [4.78, 5) is 26.1. The highest BCUT2D eigenvalue weighted by atomic mass is 35.5. The van der Waals surface area contributed by atoms with Crippen molar-refractivity contribution in [2.45, 2.75) is 6.92 Å². The van der Waals surface area contributed by atoms with Crippen molar-refractivity contribution in [3.63, 3.8) is 0 Å². The van der Waals surface area contributed by atoms with Crippen LogP contribution in [0.3, 0.4) is 0 Å². The summed E-state index contributed by atoms with van der Waals surface area (Å²) in [7, 11) is 0. The average molecular weight is 318 g/mol. The number of ketones is 1. The smallest absolute Gasteiger partial charge is 0.336 e. The molecule has 3 rings (SSSR count). The molecule has 0 radical (unpaired) electrons. The van der Waals surface area contributed by atoms with Gasteiger partial charge in [-0.2, -0.15) is 0 Å². The number of rotatable bonds is 4. The van der Waals surface area contributed by atoms with Gasteiger partial charge in [0, 0.05) is 23.7 Å². The van der Waals surface area contributed by atoms with E-state index in [0.717, 1.165) is 10.9 Å². The molecule has 0 atom stereocenters. The number of ether oxygens (including phenoxy) is 1. The van der Waals surface area contributed by atoms with Crippen LogP contribution in [0.25, 0.3) is 11.0 Å². The summed E-state index contributed by atoms with van der Waals surface area (Å²) in [5.74, 6) is 0.0923. The van der Waals surface area contributed by atoms with Gasteiger partial charge in [0.15, 0.2) is 6.61 Å². The largest absolute Gasteiger partial charge is 0.484 e. The first kappa shape index (κ1) is 14.4. The number of aryl methyl sites for hydroxylation is 1. The lowest BCUT2D eigenvalue weighted by molar-refractivity contribution is 0.0917. The van der Waals surface area contributed by atoms with Crippen LogP contribution in [0.5, 0.6) is 5.75 Å². The van der Waals surface area contributed by atoms with Gasteiger partial charge in [0.1, 0.15) is 11.3 Å². The number of H-pyrrole nitrogens is 1. The molecule has 22 heavy (non-hydrogen) atoms. The Balaban J connectivity index is 1.89. The van der Waals surface area contributed by atoms with Gasteiger partial charge in [-0.15, -0.1) is 0 Å². The van der Waals surface area contributed by atoms with Gasteiger partial charge in [-0.3, -0.25) is 4.79 Å². The second-order valence-corrected chi connectivity index (χ2v) is 5.23. The Morgan fingerprint density at radius 3 is 2.91 bits per heavy atom. The van der Waals surface area contributed by atoms with Crippen molar-refractivity contribution in [2.24, 2.45) is 0 Å². The maximum atomic E-state index is 11.9. The molecule has 1 aromatic carbocycles. The minimum atomic E-state index is -0.444. The molecule has 0 fully saturated rings. The van der Waals surface area contributed by atoms with Gasteiger partial charge in [0.25, 0.3) is 0 Å². The zero-order valence-electron chi connectivity index (χ0n) is 11.7. The first-order valence-electron chi connectivity index (χ1n) is 6.58. The summed E-state index contributed by atoms with van der Waals surface area (Å²) in [6.07, 6.45) is 1.66. The molecular formula is C16H12ClNO4. The lowest BCUT2D eigenvalue weighted by Gasteiger charge is -2.09. The van der Waals surface area contributed by atoms with E-state index in [4.69, 9.17) is 20.8 Å². The summed E-state index contributed by atoms with van der Waals surface area (Å²) in [6.45, 7) is 1.63. The molecule has 0 unspecified atom stereocenters. The Morgan fingerprint density at radius 2 is 2.18 bits per heavy atom. The molecule has 0 aliphatic carbocycles. The topological polar surface area (TPSA) is 72.3 Å². The fourth-order valence-corrected chi connectivity index (χ4v) is 2.37. The monoisotopic (exact) mass is 317 g/mol. The molecule has 2 heterocycles. The lowest BCUT2D eigenvalue weighted by atomic mass is 10.1. The van der Waals surface area contributed by atoms with Crippen LogP contribution in [0.15, 0.2) is 45.7 Å². The molecule has 0 aliphatic rings. The number of hydrogen-bond donors (Lipinski definition) is 1. The number of carbonyl (C=O) groups excluding carboxylic acids is 1. The van der Waals surface area contributed by atoms with Crippen LogP contribution in [-0.4, -0.2) is 17.4 Å². The highest BCUT2D eigenvalue weighted by Crippen LogP contribution is 2.31. The van der Waals surface area contributed by atoms with E-state index in [2.05, 4.69) is 4.98 Å². The molecule has 112 valence electrons. The molecule has 6 heteroatoms. The Morgan fingerprint density at radius 1 is 1.36 bits per heavy atom. The maximum Gasteiger partial charge on any atom is 0.336 e. The average Bonchev–Trinajstić information content (AvgIpc) is 3.00. The SMILES string of the molecule is Cc1cc(=O)oc2cc(OCC(=O)c3ccc[nH]3)c(Cl)cc12. The maximum absolute atomic E-state index is 11.9. The molecule has 0 amide bonds. The van der Waals surface area contributed by atoms with Gasteiger partial charge in [0.2, 0.25) is 5.78 Å². The molecular weight excluding hydrogens is 306 g/mol. The van der Waals surface area contributed by atoms with Gasteiger partial charge in [-0.05, 0) is 30.7 Å². The van der Waals surface area contributed by atoms with Crippen molar-refractivity contribution in [2.75, 3.05) is 6.61 Å². The number of Topliss-reactive ketones (excluding diaryl/α,β-unsaturated/α-hetero) is 1. The van der Waals surface area contributed by atoms with E-state index >= 15 is 0 Å². The van der Waals surface area contributed by atoms with Crippen molar-refractivity contribution < 1.29 is 13.9 Å². The third-order valence-corrected chi connectivity index (χ3v) is 3.56. The highest BCUT2D eigenvalue weighted by Gasteiger charge is 2.12. The van der Waals surface area contributed by atoms with E-state index in [0.29, 0.717) is 22.0 Å². The number of aromatic nitrogens is 1. The number of hydrogen-bond acceptors (Lipinski definition) is 4. The zero-order valence-corrected chi connectivity index (χ0v) is 12.4. The summed E-state index contributed by atoms with van der Waals surface area (Å²) < 4.78 is 10.6. The van der Waals surface area contributed by atoms with E-state index < -0.39 is 5.63 Å². The standard InChI is InChI=1S/C16H12ClNO4/c1-9-5-16(20)22-14-7-15(11(17)6-10(9)14)21-8-13(19)12-3-2-4-18-12/h2-7,18H,8H2,1H3. The fraction of sp³-hybridized carbons (Fsp3) is 0.125. The summed E-state index contributed by atoms with van der Waals surface area (Å²) in [5, 5.41) is 1.08. The summed E-state index contributed by atoms with van der Waals surface area (Å²) >= 11 is 6.16. The lowest BCUT2D eigenvalue weighted by Crippen LogP contribution is -2.12. The Hall–Kier alpha value is -2.53. The molecule has 1 N–H and O–H groups in total. The number of halogens is 1. The predicted molar refractivity (Wildman–Crippen MR) is 82.8 cm³/mol. The minimum absolute atomic E-state index is 0.165. The molecule has 0 aliphatic heterocycles. The molecule has 2 aromatic heterocycles. The van der Waals surface area contributed by atoms with Crippen LogP contribution < -0.4 is 10.4 Å². The van der Waals surface area contributed by atoms with Crippen molar-refractivity contribution in [1.82, 2.24) is 4.98 Å². The molecule has 5 nitrogen and oxygen atoms in total. The first-order valence-corrected chi connectivity index (χ1v) is 6.96. The van der Waals surface area contributed by atoms with Gasteiger partial charge in [-0.1, -0.05) is 11.6 Å². The van der Waals surface area contributed by atoms with Gasteiger partial charge in [0.05, 0.1) is 10.7 Å². The number of carbonyl (C=O) groups is 1. The van der Waals surface area contributed by atoms with E-state index in [9.17, 15) is 9.59 Å². The van der Waals surface area contributed by atoms with E-state index in [1.807, 2.05) is 0 Å². The van der Waals surface area contributed by atoms with Crippen LogP contribution in [0.2, 0.25) is 5.02 Å². The van der Waals surface area contributed by atoms with Crippen molar-refractivity contribution in [3.8, 4) is 5.75 Å². The van der Waals surface area contributed by atoms with Crippen molar-refractivity contribution in [1.29, 1.82) is 0 Å². The Labute approximate surface area is 130 Å². The van der Waals surface area contributed by atoms with Crippen molar-refractivity contribution in [3.05, 3.63) is 63.2 Å². The zero-order chi connectivity index (χ0) is 15.7. The Bertz CT molecular complexity index is 896. The van der Waals surface area contributed by atoms with Crippen molar-refractivity contribution >= 4 is 28.4 Å². The van der Waals surface area contributed by atoms with Crippen LogP contribution in [0, 0.1) is 6.92 Å².